The molecule has 1 aromatic carbocycles. The van der Waals surface area contributed by atoms with E-state index in [1.165, 1.54) is 11.3 Å². The Morgan fingerprint density at radius 1 is 1.24 bits per heavy atom. The van der Waals surface area contributed by atoms with Gasteiger partial charge < -0.3 is 10.3 Å². The molecule has 2 aromatic heterocycles. The molecular weight excluding hydrogens is 298 g/mol. The van der Waals surface area contributed by atoms with Gasteiger partial charge in [0.05, 0.1) is 28.4 Å². The van der Waals surface area contributed by atoms with Gasteiger partial charge in [-0.15, -0.1) is 11.3 Å². The minimum Gasteiger partial charge on any atom is -0.396 e. The number of hydrogen-bond donors (Lipinski definition) is 1. The molecule has 0 atom stereocenters. The van der Waals surface area contributed by atoms with E-state index in [2.05, 4.69) is 15.1 Å². The van der Waals surface area contributed by atoms with E-state index in [0.717, 1.165) is 16.8 Å². The molecule has 0 unspecified atom stereocenters. The van der Waals surface area contributed by atoms with Crippen molar-refractivity contribution >= 4 is 17.0 Å². The van der Waals surface area contributed by atoms with Crippen LogP contribution in [0.5, 0.6) is 0 Å². The minimum atomic E-state index is -0.825. The molecule has 0 saturated carbocycles. The van der Waals surface area contributed by atoms with E-state index < -0.39 is 11.6 Å². The largest absolute Gasteiger partial charge is 0.396 e. The van der Waals surface area contributed by atoms with E-state index in [1.807, 2.05) is 12.3 Å². The lowest BCUT2D eigenvalue weighted by Crippen LogP contribution is -1.95. The van der Waals surface area contributed by atoms with Crippen molar-refractivity contribution in [3.05, 3.63) is 45.7 Å². The summed E-state index contributed by atoms with van der Waals surface area (Å²) in [5, 5.41) is 6.59. The molecule has 0 amide bonds. The van der Waals surface area contributed by atoms with Crippen molar-refractivity contribution in [2.24, 2.45) is 0 Å². The highest BCUT2D eigenvalue weighted by Crippen LogP contribution is 2.26. The summed E-state index contributed by atoms with van der Waals surface area (Å²) in [4.78, 5) is 8.37. The average Bonchev–Trinajstić information content (AvgIpc) is 3.04. The Bertz CT molecular complexity index is 799. The van der Waals surface area contributed by atoms with Gasteiger partial charge >= 0.3 is 0 Å². The second-order valence-electron chi connectivity index (χ2n) is 4.40. The molecule has 0 radical (unpaired) electrons. The number of anilines is 1. The molecule has 0 aliphatic heterocycles. The summed E-state index contributed by atoms with van der Waals surface area (Å²) in [5.74, 6) is -1.30. The number of rotatable bonds is 3. The second-order valence-corrected chi connectivity index (χ2v) is 5.47. The summed E-state index contributed by atoms with van der Waals surface area (Å²) in [6.45, 7) is 1.90. The number of benzene rings is 1. The van der Waals surface area contributed by atoms with Crippen molar-refractivity contribution in [3.63, 3.8) is 0 Å². The first-order chi connectivity index (χ1) is 10.0. The first kappa shape index (κ1) is 13.6. The molecule has 108 valence electrons. The Hall–Kier alpha value is -2.35. The zero-order chi connectivity index (χ0) is 15.0. The smallest absolute Gasteiger partial charge is 0.260 e. The zero-order valence-corrected chi connectivity index (χ0v) is 11.7. The molecule has 2 N–H and O–H groups in total. The monoisotopic (exact) mass is 308 g/mol. The van der Waals surface area contributed by atoms with Gasteiger partial charge in [0.1, 0.15) is 11.6 Å². The molecule has 0 bridgehead atoms. The fourth-order valence-electron chi connectivity index (χ4n) is 1.82. The molecule has 3 rings (SSSR count). The van der Waals surface area contributed by atoms with Crippen LogP contribution in [-0.2, 0) is 6.42 Å². The summed E-state index contributed by atoms with van der Waals surface area (Å²) in [6, 6.07) is 1.83. The van der Waals surface area contributed by atoms with E-state index in [-0.39, 0.29) is 17.1 Å². The summed E-state index contributed by atoms with van der Waals surface area (Å²) in [6.07, 6.45) is 0.381. The van der Waals surface area contributed by atoms with E-state index in [0.29, 0.717) is 18.3 Å². The van der Waals surface area contributed by atoms with Crippen LogP contribution in [0.4, 0.5) is 14.5 Å². The topological polar surface area (TPSA) is 77.8 Å². The number of nitrogens with zero attached hydrogens (tertiary/aromatic N) is 3. The van der Waals surface area contributed by atoms with Crippen molar-refractivity contribution < 1.29 is 13.3 Å². The second kappa shape index (κ2) is 5.21. The molecule has 0 spiro atoms. The molecule has 3 aromatic rings. The Labute approximate surface area is 122 Å². The predicted molar refractivity (Wildman–Crippen MR) is 73.7 cm³/mol. The van der Waals surface area contributed by atoms with Crippen molar-refractivity contribution in [1.82, 2.24) is 15.1 Å². The third-order valence-electron chi connectivity index (χ3n) is 2.79. The van der Waals surface area contributed by atoms with Crippen molar-refractivity contribution in [3.8, 4) is 11.5 Å². The van der Waals surface area contributed by atoms with Gasteiger partial charge in [0.15, 0.2) is 5.82 Å². The summed E-state index contributed by atoms with van der Waals surface area (Å²) >= 11 is 1.52. The maximum absolute atomic E-state index is 13.7. The van der Waals surface area contributed by atoms with Gasteiger partial charge in [0, 0.05) is 11.4 Å². The van der Waals surface area contributed by atoms with Gasteiger partial charge in [-0.05, 0) is 13.0 Å². The van der Waals surface area contributed by atoms with Crippen LogP contribution < -0.4 is 5.73 Å². The molecule has 0 aliphatic carbocycles. The highest BCUT2D eigenvalue weighted by Gasteiger charge is 2.16. The lowest BCUT2D eigenvalue weighted by atomic mass is 10.2. The number of halogens is 2. The van der Waals surface area contributed by atoms with Gasteiger partial charge in [-0.3, -0.25) is 0 Å². The number of nitrogen functional groups attached to an aromatic ring is 1. The predicted octanol–water partition coefficient (Wildman–Crippen LogP) is 2.95. The van der Waals surface area contributed by atoms with E-state index in [4.69, 9.17) is 10.3 Å². The molecule has 5 nitrogen and oxygen atoms in total. The molecule has 8 heteroatoms. The fraction of sp³-hybridized carbons (Fsp3) is 0.154. The van der Waals surface area contributed by atoms with Gasteiger partial charge in [-0.25, -0.2) is 13.8 Å². The summed E-state index contributed by atoms with van der Waals surface area (Å²) in [5.41, 5.74) is 6.02. The Morgan fingerprint density at radius 3 is 2.76 bits per heavy atom. The van der Waals surface area contributed by atoms with Crippen molar-refractivity contribution in [2.45, 2.75) is 13.3 Å². The molecule has 21 heavy (non-hydrogen) atoms. The Balaban J connectivity index is 1.89. The van der Waals surface area contributed by atoms with Crippen LogP contribution in [0.15, 0.2) is 22.0 Å². The number of nitrogens with two attached hydrogens (primary N) is 1. The Kier molecular flexibility index (Phi) is 3.38. The molecule has 0 aliphatic rings. The van der Waals surface area contributed by atoms with Crippen molar-refractivity contribution in [1.29, 1.82) is 0 Å². The fourth-order valence-corrected chi connectivity index (χ4v) is 2.43. The SMILES string of the molecule is Cc1nc(Cc2noc(-c3cc(N)c(F)cc3F)n2)cs1. The van der Waals surface area contributed by atoms with Crippen LogP contribution >= 0.6 is 11.3 Å². The molecule has 0 saturated heterocycles. The van der Waals surface area contributed by atoms with Crippen LogP contribution in [0.1, 0.15) is 16.5 Å². The maximum atomic E-state index is 13.7. The molecule has 2 heterocycles. The van der Waals surface area contributed by atoms with Crippen LogP contribution in [-0.4, -0.2) is 15.1 Å². The van der Waals surface area contributed by atoms with Crippen LogP contribution in [0.3, 0.4) is 0 Å². The lowest BCUT2D eigenvalue weighted by molar-refractivity contribution is 0.421. The number of thiazole rings is 1. The maximum Gasteiger partial charge on any atom is 0.260 e. The Morgan fingerprint density at radius 2 is 2.05 bits per heavy atom. The summed E-state index contributed by atoms with van der Waals surface area (Å²) < 4.78 is 31.9. The molecular formula is C13H10F2N4OS. The van der Waals surface area contributed by atoms with Gasteiger partial charge in [0.2, 0.25) is 0 Å². The van der Waals surface area contributed by atoms with Gasteiger partial charge in [-0.2, -0.15) is 4.98 Å². The van der Waals surface area contributed by atoms with Crippen LogP contribution in [0.25, 0.3) is 11.5 Å². The van der Waals surface area contributed by atoms with Gasteiger partial charge in [0.25, 0.3) is 5.89 Å². The van der Waals surface area contributed by atoms with E-state index >= 15 is 0 Å². The van der Waals surface area contributed by atoms with E-state index in [1.54, 1.807) is 0 Å². The van der Waals surface area contributed by atoms with Crippen LogP contribution in [0.2, 0.25) is 0 Å². The van der Waals surface area contributed by atoms with E-state index in [9.17, 15) is 8.78 Å². The third-order valence-corrected chi connectivity index (χ3v) is 3.61. The molecule has 0 fully saturated rings. The first-order valence-corrected chi connectivity index (χ1v) is 6.89. The highest BCUT2D eigenvalue weighted by molar-refractivity contribution is 7.09. The first-order valence-electron chi connectivity index (χ1n) is 6.01. The standard InChI is InChI=1S/C13H10F2N4OS/c1-6-17-7(5-21-6)2-12-18-13(20-19-12)8-3-11(16)10(15)4-9(8)14/h3-5H,2,16H2,1H3. The average molecular weight is 308 g/mol. The van der Waals surface area contributed by atoms with Crippen LogP contribution in [0, 0.1) is 18.6 Å². The third kappa shape index (κ3) is 2.75. The minimum absolute atomic E-state index is 0.0258. The quantitative estimate of drug-likeness (QED) is 0.753. The number of aromatic nitrogens is 3. The number of aryl methyl sites for hydroxylation is 1. The highest BCUT2D eigenvalue weighted by atomic mass is 32.1. The summed E-state index contributed by atoms with van der Waals surface area (Å²) in [7, 11) is 0. The normalized spacial score (nSPS) is 11.0. The zero-order valence-electron chi connectivity index (χ0n) is 10.9. The van der Waals surface area contributed by atoms with Crippen molar-refractivity contribution in [2.75, 3.05) is 5.73 Å². The van der Waals surface area contributed by atoms with Gasteiger partial charge in [-0.1, -0.05) is 5.16 Å². The lowest BCUT2D eigenvalue weighted by Gasteiger charge is -2.00. The number of hydrogen-bond acceptors (Lipinski definition) is 6.